The summed E-state index contributed by atoms with van der Waals surface area (Å²) in [5.41, 5.74) is 2.52. The van der Waals surface area contributed by atoms with E-state index in [9.17, 15) is 14.7 Å². The number of rotatable bonds is 9. The Morgan fingerprint density at radius 1 is 1.05 bits per heavy atom. The van der Waals surface area contributed by atoms with Crippen molar-refractivity contribution in [3.63, 3.8) is 0 Å². The summed E-state index contributed by atoms with van der Waals surface area (Å²) in [4.78, 5) is 32.4. The van der Waals surface area contributed by atoms with E-state index in [4.69, 9.17) is 14.2 Å². The highest BCUT2D eigenvalue weighted by Gasteiger charge is 2.46. The maximum Gasteiger partial charge on any atom is 0.295 e. The van der Waals surface area contributed by atoms with Gasteiger partial charge in [0.05, 0.1) is 32.4 Å². The fourth-order valence-electron chi connectivity index (χ4n) is 4.50. The van der Waals surface area contributed by atoms with Crippen molar-refractivity contribution >= 4 is 17.4 Å². The molecular formula is C30H32N2O6. The average molecular weight is 517 g/mol. The van der Waals surface area contributed by atoms with Gasteiger partial charge in [-0.1, -0.05) is 26.0 Å². The predicted octanol–water partition coefficient (Wildman–Crippen LogP) is 5.06. The van der Waals surface area contributed by atoms with Gasteiger partial charge in [-0.3, -0.25) is 14.6 Å². The van der Waals surface area contributed by atoms with Gasteiger partial charge in [-0.15, -0.1) is 0 Å². The number of carbonyl (C=O) groups excluding carboxylic acids is 2. The van der Waals surface area contributed by atoms with Crippen LogP contribution in [0.1, 0.15) is 42.1 Å². The van der Waals surface area contributed by atoms with Gasteiger partial charge in [-0.2, -0.15) is 0 Å². The number of Topliss-reactive ketones (excluding diaryl/α,β-unsaturated/α-hetero) is 1. The van der Waals surface area contributed by atoms with Crippen molar-refractivity contribution in [1.82, 2.24) is 9.88 Å². The number of ketones is 1. The number of aromatic nitrogens is 1. The number of nitrogens with zero attached hydrogens (tertiary/aromatic N) is 2. The molecule has 1 saturated heterocycles. The van der Waals surface area contributed by atoms with Crippen molar-refractivity contribution in [3.8, 4) is 17.2 Å². The number of hydrogen-bond donors (Lipinski definition) is 1. The van der Waals surface area contributed by atoms with E-state index in [0.717, 1.165) is 5.56 Å². The molecule has 198 valence electrons. The third kappa shape index (κ3) is 5.34. The molecule has 1 aliphatic rings. The maximum absolute atomic E-state index is 13.4. The highest BCUT2D eigenvalue weighted by atomic mass is 16.5. The Bertz CT molecular complexity index is 1370. The minimum absolute atomic E-state index is 0.00468. The van der Waals surface area contributed by atoms with Crippen molar-refractivity contribution in [2.45, 2.75) is 33.4 Å². The summed E-state index contributed by atoms with van der Waals surface area (Å²) in [6.45, 7) is 6.64. The molecule has 4 rings (SSSR count). The minimum Gasteiger partial charge on any atom is -0.507 e. The normalized spacial score (nSPS) is 16.7. The number of methoxy groups -OCH3 is 2. The lowest BCUT2D eigenvalue weighted by Gasteiger charge is -2.26. The molecule has 8 nitrogen and oxygen atoms in total. The van der Waals surface area contributed by atoms with E-state index in [1.54, 1.807) is 48.8 Å². The van der Waals surface area contributed by atoms with Crippen LogP contribution >= 0.6 is 0 Å². The summed E-state index contributed by atoms with van der Waals surface area (Å²) >= 11 is 0. The van der Waals surface area contributed by atoms with Crippen LogP contribution in [-0.4, -0.2) is 47.5 Å². The van der Waals surface area contributed by atoms with E-state index in [-0.39, 0.29) is 17.9 Å². The Hall–Kier alpha value is -4.33. The van der Waals surface area contributed by atoms with E-state index < -0.39 is 17.7 Å². The predicted molar refractivity (Wildman–Crippen MR) is 143 cm³/mol. The van der Waals surface area contributed by atoms with Gasteiger partial charge >= 0.3 is 0 Å². The number of likely N-dealkylation sites (tertiary alicyclic amines) is 1. The van der Waals surface area contributed by atoms with Crippen LogP contribution in [0.4, 0.5) is 0 Å². The molecule has 0 unspecified atom stereocenters. The van der Waals surface area contributed by atoms with Crippen LogP contribution in [0, 0.1) is 12.8 Å². The monoisotopic (exact) mass is 516 g/mol. The minimum atomic E-state index is -0.855. The quantitative estimate of drug-likeness (QED) is 0.241. The van der Waals surface area contributed by atoms with Gasteiger partial charge in [0, 0.05) is 24.5 Å². The average Bonchev–Trinajstić information content (AvgIpc) is 3.16. The summed E-state index contributed by atoms with van der Waals surface area (Å²) in [5.74, 6) is 0.273. The highest BCUT2D eigenvalue weighted by molar-refractivity contribution is 6.46. The number of aliphatic hydroxyl groups excluding tert-OH is 1. The summed E-state index contributed by atoms with van der Waals surface area (Å²) in [5, 5.41) is 11.5. The summed E-state index contributed by atoms with van der Waals surface area (Å²) in [6.07, 6.45) is 3.28. The fraction of sp³-hybridized carbons (Fsp3) is 0.300. The molecule has 0 aliphatic carbocycles. The van der Waals surface area contributed by atoms with Crippen LogP contribution in [0.15, 0.2) is 66.5 Å². The van der Waals surface area contributed by atoms with Gasteiger partial charge in [0.15, 0.2) is 11.5 Å². The lowest BCUT2D eigenvalue weighted by atomic mass is 9.93. The van der Waals surface area contributed by atoms with Crippen molar-refractivity contribution in [1.29, 1.82) is 0 Å². The summed E-state index contributed by atoms with van der Waals surface area (Å²) < 4.78 is 16.7. The molecule has 1 N–H and O–H groups in total. The molecule has 8 heteroatoms. The maximum atomic E-state index is 13.4. The zero-order chi connectivity index (χ0) is 27.4. The smallest absolute Gasteiger partial charge is 0.295 e. The Balaban J connectivity index is 1.84. The van der Waals surface area contributed by atoms with E-state index in [2.05, 4.69) is 18.8 Å². The molecule has 1 atom stereocenters. The molecule has 3 aromatic rings. The second-order valence-corrected chi connectivity index (χ2v) is 9.58. The third-order valence-corrected chi connectivity index (χ3v) is 6.38. The number of pyridine rings is 1. The Morgan fingerprint density at radius 3 is 2.45 bits per heavy atom. The zero-order valence-electron chi connectivity index (χ0n) is 22.2. The first kappa shape index (κ1) is 26.7. The van der Waals surface area contributed by atoms with Crippen LogP contribution in [0.3, 0.4) is 0 Å². The zero-order valence-corrected chi connectivity index (χ0v) is 22.2. The van der Waals surface area contributed by atoms with Crippen LogP contribution in [0.2, 0.25) is 0 Å². The number of aliphatic hydroxyl groups is 1. The largest absolute Gasteiger partial charge is 0.507 e. The van der Waals surface area contributed by atoms with Gasteiger partial charge in [0.1, 0.15) is 11.5 Å². The molecule has 2 heterocycles. The van der Waals surface area contributed by atoms with Crippen molar-refractivity contribution in [2.24, 2.45) is 5.92 Å². The van der Waals surface area contributed by atoms with Crippen LogP contribution < -0.4 is 14.2 Å². The first-order valence-corrected chi connectivity index (χ1v) is 12.4. The van der Waals surface area contributed by atoms with E-state index in [0.29, 0.717) is 46.5 Å². The molecule has 0 saturated carbocycles. The molecule has 1 aliphatic heterocycles. The van der Waals surface area contributed by atoms with Gasteiger partial charge in [-0.25, -0.2) is 0 Å². The van der Waals surface area contributed by atoms with Crippen LogP contribution in [-0.2, 0) is 16.1 Å². The van der Waals surface area contributed by atoms with E-state index in [1.165, 1.54) is 19.1 Å². The second-order valence-electron chi connectivity index (χ2n) is 9.58. The molecule has 0 radical (unpaired) electrons. The SMILES string of the molecule is COc1ccc([C@@H]2/C(=C(\O)c3ccc(OCC(C)C)cc3C)C(=O)C(=O)N2Cc2cccnc2)cc1OC. The van der Waals surface area contributed by atoms with Gasteiger partial charge in [0.2, 0.25) is 0 Å². The number of hydrogen-bond acceptors (Lipinski definition) is 7. The number of ether oxygens (including phenoxy) is 3. The molecule has 1 amide bonds. The third-order valence-electron chi connectivity index (χ3n) is 6.38. The van der Waals surface area contributed by atoms with Gasteiger partial charge in [-0.05, 0) is 65.9 Å². The Morgan fingerprint density at radius 2 is 1.82 bits per heavy atom. The lowest BCUT2D eigenvalue weighted by Crippen LogP contribution is -2.29. The Kier molecular flexibility index (Phi) is 8.00. The molecule has 1 fully saturated rings. The summed E-state index contributed by atoms with van der Waals surface area (Å²) in [7, 11) is 3.05. The van der Waals surface area contributed by atoms with Crippen LogP contribution in [0.5, 0.6) is 17.2 Å². The van der Waals surface area contributed by atoms with E-state index in [1.807, 2.05) is 19.1 Å². The van der Waals surface area contributed by atoms with Crippen molar-refractivity contribution < 1.29 is 28.9 Å². The molecular weight excluding hydrogens is 484 g/mol. The topological polar surface area (TPSA) is 98.2 Å². The first-order chi connectivity index (χ1) is 18.2. The van der Waals surface area contributed by atoms with Gasteiger partial charge < -0.3 is 24.2 Å². The molecule has 2 aromatic carbocycles. The van der Waals surface area contributed by atoms with Crippen molar-refractivity contribution in [2.75, 3.05) is 20.8 Å². The first-order valence-electron chi connectivity index (χ1n) is 12.4. The highest BCUT2D eigenvalue weighted by Crippen LogP contribution is 2.43. The standard InChI is InChI=1S/C30H32N2O6/c1-18(2)17-38-22-9-10-23(19(3)13-22)28(33)26-27(21-8-11-24(36-4)25(14-21)37-5)32(30(35)29(26)34)16-20-7-6-12-31-15-20/h6-15,18,27,33H,16-17H2,1-5H3/b28-26+/t27-/m1/s1. The number of amides is 1. The second kappa shape index (κ2) is 11.4. The molecule has 0 bridgehead atoms. The van der Waals surface area contributed by atoms with Crippen molar-refractivity contribution in [3.05, 3.63) is 88.8 Å². The summed E-state index contributed by atoms with van der Waals surface area (Å²) in [6, 6.07) is 13.2. The van der Waals surface area contributed by atoms with Gasteiger partial charge in [0.25, 0.3) is 11.7 Å². The number of carbonyl (C=O) groups is 2. The van der Waals surface area contributed by atoms with E-state index >= 15 is 0 Å². The fourth-order valence-corrected chi connectivity index (χ4v) is 4.50. The lowest BCUT2D eigenvalue weighted by molar-refractivity contribution is -0.140. The van der Waals surface area contributed by atoms with Crippen LogP contribution in [0.25, 0.3) is 5.76 Å². The molecule has 38 heavy (non-hydrogen) atoms. The number of aryl methyl sites for hydroxylation is 1. The molecule has 0 spiro atoms. The molecule has 1 aromatic heterocycles. The Labute approximate surface area is 222 Å². The number of benzene rings is 2.